The molecule has 0 saturated carbocycles. The Hall–Kier alpha value is -3.22. The highest BCUT2D eigenvalue weighted by atomic mass is 16.5. The molecule has 0 aliphatic carbocycles. The highest BCUT2D eigenvalue weighted by Crippen LogP contribution is 2.24. The number of nitrogens with zero attached hydrogens (tertiary/aromatic N) is 4. The zero-order valence-electron chi connectivity index (χ0n) is 10.8. The highest BCUT2D eigenvalue weighted by Gasteiger charge is 2.12. The van der Waals surface area contributed by atoms with Crippen LogP contribution in [0, 0.1) is 0 Å². The fourth-order valence-corrected chi connectivity index (χ4v) is 2.11. The van der Waals surface area contributed by atoms with Gasteiger partial charge in [-0.1, -0.05) is 11.2 Å². The number of nitrogen functional groups attached to an aromatic ring is 1. The second kappa shape index (κ2) is 4.41. The summed E-state index contributed by atoms with van der Waals surface area (Å²) in [6.07, 6.45) is 1.76. The van der Waals surface area contributed by atoms with E-state index in [1.165, 1.54) is 0 Å². The molecular weight excluding hydrogens is 268 g/mol. The number of nitrogens with one attached hydrogen (secondary N) is 1. The average Bonchev–Trinajstić information content (AvgIpc) is 3.15. The van der Waals surface area contributed by atoms with Gasteiger partial charge in [0.25, 0.3) is 5.89 Å². The molecule has 0 saturated heterocycles. The van der Waals surface area contributed by atoms with E-state index in [2.05, 4.69) is 25.3 Å². The summed E-state index contributed by atoms with van der Waals surface area (Å²) in [6.45, 7) is 0. The molecule has 4 aromatic rings. The summed E-state index contributed by atoms with van der Waals surface area (Å²) in [6, 6.07) is 11.3. The standard InChI is InChI=1S/C14H10N6O/c15-12-7-11(18-19-12)14-17-13(20-21-14)9-3-4-10-8(6-9)2-1-5-16-10/h1-7H,(H3,15,18,19). The summed E-state index contributed by atoms with van der Waals surface area (Å²) in [4.78, 5) is 8.63. The number of aromatic amines is 1. The number of hydrogen-bond acceptors (Lipinski definition) is 6. The molecular formula is C14H10N6O. The van der Waals surface area contributed by atoms with Crippen LogP contribution in [0.3, 0.4) is 0 Å². The monoisotopic (exact) mass is 278 g/mol. The molecule has 3 aromatic heterocycles. The zero-order valence-corrected chi connectivity index (χ0v) is 10.8. The number of aromatic nitrogens is 5. The molecule has 102 valence electrons. The minimum absolute atomic E-state index is 0.348. The van der Waals surface area contributed by atoms with E-state index in [1.54, 1.807) is 12.3 Å². The third-order valence-corrected chi connectivity index (χ3v) is 3.12. The number of fused-ring (bicyclic) bond motifs is 1. The number of anilines is 1. The van der Waals surface area contributed by atoms with Gasteiger partial charge in [0.2, 0.25) is 5.82 Å². The van der Waals surface area contributed by atoms with Crippen molar-refractivity contribution in [3.63, 3.8) is 0 Å². The molecule has 7 heteroatoms. The van der Waals surface area contributed by atoms with Crippen LogP contribution in [0.25, 0.3) is 33.9 Å². The van der Waals surface area contributed by atoms with Crippen LogP contribution in [0.1, 0.15) is 0 Å². The molecule has 0 unspecified atom stereocenters. The average molecular weight is 278 g/mol. The van der Waals surface area contributed by atoms with E-state index >= 15 is 0 Å². The van der Waals surface area contributed by atoms with E-state index in [1.807, 2.05) is 30.3 Å². The number of H-pyrrole nitrogens is 1. The van der Waals surface area contributed by atoms with Gasteiger partial charge in [0.15, 0.2) is 0 Å². The first-order valence-corrected chi connectivity index (χ1v) is 6.30. The largest absolute Gasteiger partial charge is 0.382 e. The molecule has 0 amide bonds. The van der Waals surface area contributed by atoms with E-state index in [9.17, 15) is 0 Å². The van der Waals surface area contributed by atoms with Crippen LogP contribution in [-0.2, 0) is 0 Å². The van der Waals surface area contributed by atoms with Gasteiger partial charge in [-0.25, -0.2) is 0 Å². The maximum absolute atomic E-state index is 5.56. The summed E-state index contributed by atoms with van der Waals surface area (Å²) >= 11 is 0. The molecule has 0 aliphatic heterocycles. The van der Waals surface area contributed by atoms with Crippen LogP contribution in [0.5, 0.6) is 0 Å². The smallest absolute Gasteiger partial charge is 0.276 e. The Morgan fingerprint density at radius 2 is 2.10 bits per heavy atom. The molecule has 0 fully saturated rings. The lowest BCUT2D eigenvalue weighted by molar-refractivity contribution is 0.431. The number of nitrogens with two attached hydrogens (primary N) is 1. The summed E-state index contributed by atoms with van der Waals surface area (Å²) in [5, 5.41) is 11.6. The van der Waals surface area contributed by atoms with Crippen molar-refractivity contribution >= 4 is 16.7 Å². The molecule has 21 heavy (non-hydrogen) atoms. The van der Waals surface area contributed by atoms with Gasteiger partial charge in [-0.2, -0.15) is 10.1 Å². The molecule has 0 radical (unpaired) electrons. The van der Waals surface area contributed by atoms with Crippen LogP contribution in [0.4, 0.5) is 5.82 Å². The van der Waals surface area contributed by atoms with E-state index in [-0.39, 0.29) is 0 Å². The minimum atomic E-state index is 0.348. The molecule has 3 heterocycles. The topological polar surface area (TPSA) is 107 Å². The van der Waals surface area contributed by atoms with Gasteiger partial charge in [0.1, 0.15) is 11.5 Å². The summed E-state index contributed by atoms with van der Waals surface area (Å²) in [7, 11) is 0. The van der Waals surface area contributed by atoms with Gasteiger partial charge in [0, 0.05) is 23.2 Å². The van der Waals surface area contributed by atoms with Crippen molar-refractivity contribution in [2.45, 2.75) is 0 Å². The maximum atomic E-state index is 5.56. The van der Waals surface area contributed by atoms with Crippen LogP contribution in [0.15, 0.2) is 47.1 Å². The molecule has 4 rings (SSSR count). The van der Waals surface area contributed by atoms with Crippen molar-refractivity contribution in [2.24, 2.45) is 0 Å². The number of benzene rings is 1. The summed E-state index contributed by atoms with van der Waals surface area (Å²) in [5.41, 5.74) is 7.93. The van der Waals surface area contributed by atoms with Gasteiger partial charge in [-0.05, 0) is 24.3 Å². The SMILES string of the molecule is Nc1cc(-c2nc(-c3ccc4ncccc4c3)no2)[nH]n1. The molecule has 0 aliphatic rings. The Morgan fingerprint density at radius 3 is 2.95 bits per heavy atom. The fraction of sp³-hybridized carbons (Fsp3) is 0. The van der Waals surface area contributed by atoms with Crippen molar-refractivity contribution in [1.29, 1.82) is 0 Å². The van der Waals surface area contributed by atoms with Crippen molar-refractivity contribution in [1.82, 2.24) is 25.3 Å². The van der Waals surface area contributed by atoms with E-state index in [0.29, 0.717) is 23.2 Å². The predicted molar refractivity (Wildman–Crippen MR) is 77.0 cm³/mol. The first kappa shape index (κ1) is 11.6. The first-order chi connectivity index (χ1) is 10.3. The molecule has 7 nitrogen and oxygen atoms in total. The first-order valence-electron chi connectivity index (χ1n) is 6.30. The van der Waals surface area contributed by atoms with Crippen molar-refractivity contribution in [2.75, 3.05) is 5.73 Å². The summed E-state index contributed by atoms with van der Waals surface area (Å²) in [5.74, 6) is 1.23. The van der Waals surface area contributed by atoms with E-state index in [4.69, 9.17) is 10.3 Å². The Labute approximate surface area is 118 Å². The number of hydrogen-bond donors (Lipinski definition) is 2. The zero-order chi connectivity index (χ0) is 14.2. The van der Waals surface area contributed by atoms with E-state index < -0.39 is 0 Å². The maximum Gasteiger partial charge on any atom is 0.276 e. The van der Waals surface area contributed by atoms with Crippen LogP contribution in [-0.4, -0.2) is 25.3 Å². The number of pyridine rings is 1. The lowest BCUT2D eigenvalue weighted by atomic mass is 10.1. The van der Waals surface area contributed by atoms with E-state index in [0.717, 1.165) is 16.5 Å². The number of rotatable bonds is 2. The van der Waals surface area contributed by atoms with Gasteiger partial charge >= 0.3 is 0 Å². The Balaban J connectivity index is 1.77. The lowest BCUT2D eigenvalue weighted by Gasteiger charge is -1.98. The Morgan fingerprint density at radius 1 is 1.14 bits per heavy atom. The van der Waals surface area contributed by atoms with Gasteiger partial charge in [0.05, 0.1) is 5.52 Å². The van der Waals surface area contributed by atoms with Crippen LogP contribution < -0.4 is 5.73 Å². The van der Waals surface area contributed by atoms with Gasteiger partial charge in [-0.15, -0.1) is 0 Å². The van der Waals surface area contributed by atoms with Gasteiger partial charge in [-0.3, -0.25) is 10.1 Å². The molecule has 1 aromatic carbocycles. The molecule has 3 N–H and O–H groups in total. The minimum Gasteiger partial charge on any atom is -0.382 e. The normalized spacial score (nSPS) is 11.0. The predicted octanol–water partition coefficient (Wildman–Crippen LogP) is 2.26. The van der Waals surface area contributed by atoms with Crippen molar-refractivity contribution in [3.05, 3.63) is 42.6 Å². The molecule has 0 spiro atoms. The Kier molecular flexibility index (Phi) is 2.43. The third-order valence-electron chi connectivity index (χ3n) is 3.12. The Bertz CT molecular complexity index is 926. The lowest BCUT2D eigenvalue weighted by Crippen LogP contribution is -1.83. The molecule has 0 atom stereocenters. The van der Waals surface area contributed by atoms with Crippen molar-refractivity contribution < 1.29 is 4.52 Å². The van der Waals surface area contributed by atoms with Gasteiger partial charge < -0.3 is 10.3 Å². The second-order valence-electron chi connectivity index (χ2n) is 4.54. The highest BCUT2D eigenvalue weighted by molar-refractivity contribution is 5.83. The van der Waals surface area contributed by atoms with Crippen LogP contribution >= 0.6 is 0 Å². The van der Waals surface area contributed by atoms with Crippen LogP contribution in [0.2, 0.25) is 0 Å². The summed E-state index contributed by atoms with van der Waals surface area (Å²) < 4.78 is 5.23. The quantitative estimate of drug-likeness (QED) is 0.582. The second-order valence-corrected chi connectivity index (χ2v) is 4.54. The third kappa shape index (κ3) is 2.00. The fourth-order valence-electron chi connectivity index (χ4n) is 2.11. The van der Waals surface area contributed by atoms with Crippen molar-refractivity contribution in [3.8, 4) is 23.0 Å². The molecule has 0 bridgehead atoms.